The van der Waals surface area contributed by atoms with Gasteiger partial charge in [-0.05, 0) is 44.2 Å². The molecule has 172 valence electrons. The van der Waals surface area contributed by atoms with E-state index < -0.39 is 23.5 Å². The molecule has 0 aliphatic carbocycles. The van der Waals surface area contributed by atoms with Crippen LogP contribution in [0.4, 0.5) is 26.3 Å². The standard InChI is InChI=1S/C24H19F6N3/c1-3-5-10-16(9-4-2)21-31-32-22(33(21)20-11-7-6-8-12-20)17-13-18(23(25,26)27)15-19(14-17)24(28,29)30/h3-15H,1-2H3/b5-3-,9-4+,16-10+. The van der Waals surface area contributed by atoms with E-state index in [1.165, 1.54) is 4.57 Å². The van der Waals surface area contributed by atoms with Gasteiger partial charge in [-0.15, -0.1) is 10.2 Å². The minimum Gasteiger partial charge on any atom is -0.275 e. The lowest BCUT2D eigenvalue weighted by atomic mass is 10.0. The molecule has 0 saturated carbocycles. The molecule has 0 atom stereocenters. The maximum atomic E-state index is 13.4. The van der Waals surface area contributed by atoms with Crippen LogP contribution in [-0.2, 0) is 12.4 Å². The average molecular weight is 463 g/mol. The number of allylic oxidation sites excluding steroid dienone is 6. The molecule has 3 nitrogen and oxygen atoms in total. The van der Waals surface area contributed by atoms with Crippen molar-refractivity contribution in [2.45, 2.75) is 26.2 Å². The molecule has 0 aliphatic heterocycles. The van der Waals surface area contributed by atoms with Gasteiger partial charge in [-0.1, -0.05) is 48.6 Å². The van der Waals surface area contributed by atoms with Crippen molar-refractivity contribution in [3.8, 4) is 17.1 Å². The first-order valence-corrected chi connectivity index (χ1v) is 9.83. The number of benzene rings is 2. The topological polar surface area (TPSA) is 30.7 Å². The summed E-state index contributed by atoms with van der Waals surface area (Å²) in [6, 6.07) is 9.84. The maximum absolute atomic E-state index is 13.4. The summed E-state index contributed by atoms with van der Waals surface area (Å²) >= 11 is 0. The summed E-state index contributed by atoms with van der Waals surface area (Å²) in [6.45, 7) is 3.58. The van der Waals surface area contributed by atoms with Crippen LogP contribution in [0, 0.1) is 0 Å². The highest BCUT2D eigenvalue weighted by Crippen LogP contribution is 2.39. The molecular weight excluding hydrogens is 444 g/mol. The van der Waals surface area contributed by atoms with Crippen LogP contribution in [0.1, 0.15) is 30.8 Å². The predicted octanol–water partition coefficient (Wildman–Crippen LogP) is 7.51. The van der Waals surface area contributed by atoms with Gasteiger partial charge in [0.25, 0.3) is 0 Å². The number of alkyl halides is 6. The molecule has 0 amide bonds. The minimum absolute atomic E-state index is 0.0881. The second-order valence-corrected chi connectivity index (χ2v) is 6.96. The Hall–Kier alpha value is -3.62. The van der Waals surface area contributed by atoms with Crippen molar-refractivity contribution < 1.29 is 26.3 Å². The zero-order valence-electron chi connectivity index (χ0n) is 17.6. The van der Waals surface area contributed by atoms with E-state index in [0.717, 1.165) is 0 Å². The first kappa shape index (κ1) is 24.0. The van der Waals surface area contributed by atoms with Gasteiger partial charge < -0.3 is 0 Å². The molecule has 0 aliphatic rings. The second kappa shape index (κ2) is 9.48. The molecule has 1 heterocycles. The normalized spacial score (nSPS) is 13.4. The third-order valence-electron chi connectivity index (χ3n) is 4.60. The van der Waals surface area contributed by atoms with Crippen LogP contribution in [0.25, 0.3) is 22.6 Å². The summed E-state index contributed by atoms with van der Waals surface area (Å²) in [5.41, 5.74) is -2.15. The van der Waals surface area contributed by atoms with Gasteiger partial charge in [-0.3, -0.25) is 4.57 Å². The SMILES string of the molecule is C\C=C/C=C(\C=C\C)c1nnc(-c2cc(C(F)(F)F)cc(C(F)(F)F)c2)n1-c1ccccc1. The van der Waals surface area contributed by atoms with Crippen LogP contribution >= 0.6 is 0 Å². The quantitative estimate of drug-likeness (QED) is 0.290. The molecule has 1 aromatic heterocycles. The Balaban J connectivity index is 2.36. The molecule has 0 fully saturated rings. The number of hydrogen-bond donors (Lipinski definition) is 0. The molecule has 0 radical (unpaired) electrons. The van der Waals surface area contributed by atoms with Gasteiger partial charge in [0.1, 0.15) is 0 Å². The number of nitrogens with zero attached hydrogens (tertiary/aromatic N) is 3. The van der Waals surface area contributed by atoms with Crippen molar-refractivity contribution in [1.29, 1.82) is 0 Å². The predicted molar refractivity (Wildman–Crippen MR) is 114 cm³/mol. The molecule has 3 aromatic rings. The fraction of sp³-hybridized carbons (Fsp3) is 0.167. The average Bonchev–Trinajstić information content (AvgIpc) is 3.21. The summed E-state index contributed by atoms with van der Waals surface area (Å²) in [5.74, 6) is 0.113. The van der Waals surface area contributed by atoms with Crippen LogP contribution in [0.15, 0.2) is 78.9 Å². The summed E-state index contributed by atoms with van der Waals surface area (Å²) in [4.78, 5) is 0. The van der Waals surface area contributed by atoms with Crippen molar-refractivity contribution in [2.24, 2.45) is 0 Å². The van der Waals surface area contributed by atoms with E-state index >= 15 is 0 Å². The summed E-state index contributed by atoms with van der Waals surface area (Å²) < 4.78 is 81.9. The highest BCUT2D eigenvalue weighted by Gasteiger charge is 2.37. The second-order valence-electron chi connectivity index (χ2n) is 6.96. The number of rotatable bonds is 5. The number of halogens is 6. The maximum Gasteiger partial charge on any atom is 0.416 e. The Labute approximate surface area is 186 Å². The largest absolute Gasteiger partial charge is 0.416 e. The van der Waals surface area contributed by atoms with Crippen molar-refractivity contribution in [3.63, 3.8) is 0 Å². The zero-order valence-corrected chi connectivity index (χ0v) is 17.6. The number of aromatic nitrogens is 3. The molecule has 0 unspecified atom stereocenters. The molecule has 33 heavy (non-hydrogen) atoms. The number of para-hydroxylation sites is 1. The molecule has 9 heteroatoms. The molecular formula is C24H19F6N3. The Kier molecular flexibility index (Phi) is 6.90. The summed E-state index contributed by atoms with van der Waals surface area (Å²) in [5, 5.41) is 8.12. The highest BCUT2D eigenvalue weighted by molar-refractivity contribution is 5.74. The van der Waals surface area contributed by atoms with E-state index in [4.69, 9.17) is 0 Å². The molecule has 0 spiro atoms. The first-order chi connectivity index (χ1) is 15.6. The fourth-order valence-corrected chi connectivity index (χ4v) is 3.15. The van der Waals surface area contributed by atoms with E-state index in [0.29, 0.717) is 23.4 Å². The third-order valence-corrected chi connectivity index (χ3v) is 4.60. The lowest BCUT2D eigenvalue weighted by Crippen LogP contribution is -2.12. The van der Waals surface area contributed by atoms with Gasteiger partial charge >= 0.3 is 12.4 Å². The van der Waals surface area contributed by atoms with Crippen molar-refractivity contribution in [3.05, 3.63) is 95.9 Å². The zero-order chi connectivity index (χ0) is 24.2. The lowest BCUT2D eigenvalue weighted by Gasteiger charge is -2.15. The van der Waals surface area contributed by atoms with E-state index in [1.807, 2.05) is 0 Å². The van der Waals surface area contributed by atoms with Crippen molar-refractivity contribution in [2.75, 3.05) is 0 Å². The van der Waals surface area contributed by atoms with E-state index in [9.17, 15) is 26.3 Å². The lowest BCUT2D eigenvalue weighted by molar-refractivity contribution is -0.143. The smallest absolute Gasteiger partial charge is 0.275 e. The Morgan fingerprint density at radius 2 is 1.42 bits per heavy atom. The van der Waals surface area contributed by atoms with Gasteiger partial charge in [-0.2, -0.15) is 26.3 Å². The van der Waals surface area contributed by atoms with Gasteiger partial charge in [0.15, 0.2) is 11.6 Å². The monoisotopic (exact) mass is 463 g/mol. The van der Waals surface area contributed by atoms with Gasteiger partial charge in [0, 0.05) is 16.8 Å². The van der Waals surface area contributed by atoms with E-state index in [1.54, 1.807) is 74.6 Å². The van der Waals surface area contributed by atoms with Gasteiger partial charge in [-0.25, -0.2) is 0 Å². The van der Waals surface area contributed by atoms with Crippen LogP contribution in [0.3, 0.4) is 0 Å². The number of hydrogen-bond acceptors (Lipinski definition) is 2. The first-order valence-electron chi connectivity index (χ1n) is 9.83. The van der Waals surface area contributed by atoms with E-state index in [-0.39, 0.29) is 23.3 Å². The molecule has 2 aromatic carbocycles. The van der Waals surface area contributed by atoms with Crippen LogP contribution in [0.2, 0.25) is 0 Å². The molecule has 0 N–H and O–H groups in total. The molecule has 3 rings (SSSR count). The Morgan fingerprint density at radius 1 is 0.818 bits per heavy atom. The van der Waals surface area contributed by atoms with Crippen LogP contribution in [-0.4, -0.2) is 14.8 Å². The van der Waals surface area contributed by atoms with Crippen LogP contribution in [0.5, 0.6) is 0 Å². The fourth-order valence-electron chi connectivity index (χ4n) is 3.15. The minimum atomic E-state index is -4.97. The third kappa shape index (κ3) is 5.42. The summed E-state index contributed by atoms with van der Waals surface area (Å²) in [7, 11) is 0. The van der Waals surface area contributed by atoms with Gasteiger partial charge in [0.05, 0.1) is 11.1 Å². The van der Waals surface area contributed by atoms with Crippen molar-refractivity contribution in [1.82, 2.24) is 14.8 Å². The Bertz CT molecular complexity index is 1170. The van der Waals surface area contributed by atoms with E-state index in [2.05, 4.69) is 10.2 Å². The molecule has 0 bridgehead atoms. The van der Waals surface area contributed by atoms with Gasteiger partial charge in [0.2, 0.25) is 0 Å². The van der Waals surface area contributed by atoms with Crippen LogP contribution < -0.4 is 0 Å². The Morgan fingerprint density at radius 3 is 1.94 bits per heavy atom. The summed E-state index contributed by atoms with van der Waals surface area (Å²) in [6.07, 6.45) is -1.25. The molecule has 0 saturated heterocycles. The van der Waals surface area contributed by atoms with Crippen molar-refractivity contribution >= 4 is 5.57 Å². The highest BCUT2D eigenvalue weighted by atomic mass is 19.4.